The molecule has 0 spiro atoms. The Kier molecular flexibility index (Phi) is 2.50. The van der Waals surface area contributed by atoms with Gasteiger partial charge in [0.1, 0.15) is 0 Å². The number of hydrogen-bond donors (Lipinski definition) is 0. The van der Waals surface area contributed by atoms with Crippen molar-refractivity contribution in [3.8, 4) is 0 Å². The quantitative estimate of drug-likeness (QED) is 0.727. The molecule has 3 heterocycles. The third kappa shape index (κ3) is 1.78. The molecule has 0 amide bonds. The van der Waals surface area contributed by atoms with Crippen molar-refractivity contribution in [3.05, 3.63) is 59.0 Å². The lowest BCUT2D eigenvalue weighted by molar-refractivity contribution is 0.548. The predicted octanol–water partition coefficient (Wildman–Crippen LogP) is 3.19. The number of nitrogens with zero attached hydrogens (tertiary/aromatic N) is 4. The first-order valence-electron chi connectivity index (χ1n) is 6.33. The molecule has 0 N–H and O–H groups in total. The molecule has 4 nitrogen and oxygen atoms in total. The Balaban J connectivity index is 1.77. The van der Waals surface area contributed by atoms with E-state index >= 15 is 0 Å². The smallest absolute Gasteiger partial charge is 0.234 e. The van der Waals surface area contributed by atoms with Gasteiger partial charge in [-0.2, -0.15) is 14.0 Å². The minimum atomic E-state index is -0.495. The van der Waals surface area contributed by atoms with Crippen LogP contribution in [0.2, 0.25) is 5.15 Å². The Morgan fingerprint density at radius 3 is 2.85 bits per heavy atom. The van der Waals surface area contributed by atoms with E-state index in [1.807, 2.05) is 12.1 Å². The van der Waals surface area contributed by atoms with Crippen LogP contribution in [-0.4, -0.2) is 19.6 Å². The molecule has 0 bridgehead atoms. The highest BCUT2D eigenvalue weighted by Gasteiger charge is 2.41. The van der Waals surface area contributed by atoms with Gasteiger partial charge >= 0.3 is 0 Å². The van der Waals surface area contributed by atoms with E-state index in [0.717, 1.165) is 12.0 Å². The molecule has 0 radical (unpaired) electrons. The first kappa shape index (κ1) is 11.8. The van der Waals surface area contributed by atoms with Crippen molar-refractivity contribution in [1.29, 1.82) is 0 Å². The zero-order valence-corrected chi connectivity index (χ0v) is 11.1. The largest absolute Gasteiger partial charge is 0.265 e. The lowest BCUT2D eigenvalue weighted by Crippen LogP contribution is -1.99. The second kappa shape index (κ2) is 4.24. The van der Waals surface area contributed by atoms with Gasteiger partial charge in [-0.05, 0) is 42.0 Å². The lowest BCUT2D eigenvalue weighted by Gasteiger charge is -2.04. The summed E-state index contributed by atoms with van der Waals surface area (Å²) in [4.78, 5) is 8.13. The van der Waals surface area contributed by atoms with Crippen LogP contribution in [0.25, 0.3) is 5.65 Å². The summed E-state index contributed by atoms with van der Waals surface area (Å²) in [6.07, 6.45) is 5.75. The zero-order chi connectivity index (χ0) is 13.7. The van der Waals surface area contributed by atoms with Crippen LogP contribution in [0.4, 0.5) is 4.39 Å². The highest BCUT2D eigenvalue weighted by Crippen LogP contribution is 2.55. The SMILES string of the molecule is Fc1cnc2c([C@H]3CC3c3ccncc3)cc(Cl)nn12. The van der Waals surface area contributed by atoms with E-state index in [1.54, 1.807) is 18.5 Å². The minimum Gasteiger partial charge on any atom is -0.265 e. The summed E-state index contributed by atoms with van der Waals surface area (Å²) in [5, 5.41) is 4.22. The second-order valence-electron chi connectivity index (χ2n) is 4.97. The molecule has 3 aromatic heterocycles. The first-order chi connectivity index (χ1) is 9.74. The standard InChI is InChI=1S/C14H10ClFN4/c15-12-6-11(14-18-7-13(16)20(14)19-12)10-5-9(10)8-1-3-17-4-2-8/h1-4,6-7,9-10H,5H2/t9?,10-/m0/s1. The highest BCUT2D eigenvalue weighted by molar-refractivity contribution is 6.29. The maximum atomic E-state index is 13.6. The van der Waals surface area contributed by atoms with E-state index in [-0.39, 0.29) is 5.15 Å². The molecule has 1 aliphatic rings. The predicted molar refractivity (Wildman–Crippen MR) is 72.3 cm³/mol. The molecule has 1 saturated carbocycles. The van der Waals surface area contributed by atoms with Crippen LogP contribution in [0.3, 0.4) is 0 Å². The van der Waals surface area contributed by atoms with Crippen LogP contribution < -0.4 is 0 Å². The number of fused-ring (bicyclic) bond motifs is 1. The number of halogens is 2. The maximum absolute atomic E-state index is 13.6. The molecule has 1 unspecified atom stereocenters. The van der Waals surface area contributed by atoms with Crippen LogP contribution in [-0.2, 0) is 0 Å². The van der Waals surface area contributed by atoms with Crippen LogP contribution in [0.15, 0.2) is 36.8 Å². The average molecular weight is 289 g/mol. The Labute approximate surface area is 119 Å². The van der Waals surface area contributed by atoms with Gasteiger partial charge in [0.05, 0.1) is 6.20 Å². The van der Waals surface area contributed by atoms with Crippen molar-refractivity contribution in [1.82, 2.24) is 19.6 Å². The van der Waals surface area contributed by atoms with Gasteiger partial charge in [-0.15, -0.1) is 0 Å². The van der Waals surface area contributed by atoms with Crippen molar-refractivity contribution in [2.24, 2.45) is 0 Å². The second-order valence-corrected chi connectivity index (χ2v) is 5.36. The van der Waals surface area contributed by atoms with Crippen molar-refractivity contribution < 1.29 is 4.39 Å². The Hall–Kier alpha value is -2.01. The van der Waals surface area contributed by atoms with E-state index in [0.29, 0.717) is 17.5 Å². The molecule has 0 saturated heterocycles. The van der Waals surface area contributed by atoms with Crippen molar-refractivity contribution in [3.63, 3.8) is 0 Å². The average Bonchev–Trinajstić information content (AvgIpc) is 3.18. The minimum absolute atomic E-state index is 0.282. The summed E-state index contributed by atoms with van der Waals surface area (Å²) >= 11 is 5.98. The Bertz CT molecular complexity index is 786. The molecular weight excluding hydrogens is 279 g/mol. The van der Waals surface area contributed by atoms with Crippen molar-refractivity contribution >= 4 is 17.2 Å². The van der Waals surface area contributed by atoms with Gasteiger partial charge in [0, 0.05) is 18.0 Å². The number of rotatable bonds is 2. The van der Waals surface area contributed by atoms with Crippen LogP contribution >= 0.6 is 11.6 Å². The normalized spacial score (nSPS) is 21.3. The van der Waals surface area contributed by atoms with E-state index in [1.165, 1.54) is 16.3 Å². The maximum Gasteiger partial charge on any atom is 0.234 e. The van der Waals surface area contributed by atoms with Gasteiger partial charge in [-0.25, -0.2) is 4.98 Å². The van der Waals surface area contributed by atoms with Crippen molar-refractivity contribution in [2.75, 3.05) is 0 Å². The number of imidazole rings is 1. The lowest BCUT2D eigenvalue weighted by atomic mass is 10.1. The van der Waals surface area contributed by atoms with Gasteiger partial charge in [0.2, 0.25) is 5.95 Å². The summed E-state index contributed by atoms with van der Waals surface area (Å²) in [5.41, 5.74) is 2.74. The van der Waals surface area contributed by atoms with Gasteiger partial charge in [-0.3, -0.25) is 4.98 Å². The van der Waals surface area contributed by atoms with E-state index in [9.17, 15) is 4.39 Å². The summed E-state index contributed by atoms with van der Waals surface area (Å²) in [5.74, 6) is 0.229. The molecule has 1 aliphatic carbocycles. The summed E-state index contributed by atoms with van der Waals surface area (Å²) in [6.45, 7) is 0. The van der Waals surface area contributed by atoms with Gasteiger partial charge in [0.25, 0.3) is 0 Å². The molecule has 20 heavy (non-hydrogen) atoms. The van der Waals surface area contributed by atoms with Crippen LogP contribution in [0.5, 0.6) is 0 Å². The molecular formula is C14H10ClFN4. The molecule has 1 fully saturated rings. The zero-order valence-electron chi connectivity index (χ0n) is 10.4. The van der Waals surface area contributed by atoms with Gasteiger partial charge in [-0.1, -0.05) is 11.6 Å². The molecule has 6 heteroatoms. The molecule has 100 valence electrons. The summed E-state index contributed by atoms with van der Waals surface area (Å²) in [7, 11) is 0. The number of pyridine rings is 1. The third-order valence-electron chi connectivity index (χ3n) is 3.75. The fourth-order valence-electron chi connectivity index (χ4n) is 2.72. The highest BCUT2D eigenvalue weighted by atomic mass is 35.5. The van der Waals surface area contributed by atoms with E-state index < -0.39 is 5.95 Å². The van der Waals surface area contributed by atoms with Crippen LogP contribution in [0, 0.1) is 5.95 Å². The fraction of sp³-hybridized carbons (Fsp3) is 0.214. The molecule has 2 atom stereocenters. The number of hydrogen-bond acceptors (Lipinski definition) is 3. The summed E-state index contributed by atoms with van der Waals surface area (Å²) in [6, 6.07) is 5.81. The third-order valence-corrected chi connectivity index (χ3v) is 3.93. The Morgan fingerprint density at radius 2 is 2.05 bits per heavy atom. The van der Waals surface area contributed by atoms with E-state index in [4.69, 9.17) is 11.6 Å². The molecule has 0 aliphatic heterocycles. The first-order valence-corrected chi connectivity index (χ1v) is 6.71. The molecule has 4 rings (SSSR count). The monoisotopic (exact) mass is 288 g/mol. The summed E-state index contributed by atoms with van der Waals surface area (Å²) < 4.78 is 14.7. The topological polar surface area (TPSA) is 43.1 Å². The van der Waals surface area contributed by atoms with E-state index in [2.05, 4.69) is 15.1 Å². The fourth-order valence-corrected chi connectivity index (χ4v) is 2.92. The van der Waals surface area contributed by atoms with Gasteiger partial charge < -0.3 is 0 Å². The number of aromatic nitrogens is 4. The van der Waals surface area contributed by atoms with Crippen LogP contribution in [0.1, 0.15) is 29.4 Å². The molecule has 0 aromatic carbocycles. The Morgan fingerprint density at radius 1 is 1.25 bits per heavy atom. The van der Waals surface area contributed by atoms with Crippen molar-refractivity contribution in [2.45, 2.75) is 18.3 Å². The molecule has 3 aromatic rings. The van der Waals surface area contributed by atoms with Gasteiger partial charge in [0.15, 0.2) is 10.8 Å².